The van der Waals surface area contributed by atoms with Crippen LogP contribution in [0.5, 0.6) is 0 Å². The molecule has 0 spiro atoms. The minimum Gasteiger partial charge on any atom is -0.349 e. The molecule has 114 valence electrons. The molecule has 2 fully saturated rings. The molecule has 3 N–H and O–H groups in total. The van der Waals surface area contributed by atoms with Crippen molar-refractivity contribution in [1.82, 2.24) is 5.32 Å². The molecular formula is C16H20ClFN2O. The Morgan fingerprint density at radius 2 is 2.24 bits per heavy atom. The van der Waals surface area contributed by atoms with Crippen molar-refractivity contribution in [1.29, 1.82) is 0 Å². The van der Waals surface area contributed by atoms with Crippen molar-refractivity contribution >= 4 is 17.5 Å². The fourth-order valence-corrected chi connectivity index (χ4v) is 3.39. The number of nitrogens with one attached hydrogen (secondary N) is 1. The van der Waals surface area contributed by atoms with Crippen molar-refractivity contribution in [2.75, 3.05) is 6.54 Å². The zero-order valence-electron chi connectivity index (χ0n) is 12.0. The first-order valence-electron chi connectivity index (χ1n) is 7.42. The Balaban J connectivity index is 1.69. The van der Waals surface area contributed by atoms with Gasteiger partial charge in [-0.15, -0.1) is 0 Å². The molecule has 0 heterocycles. The number of carbonyl (C=O) groups is 1. The molecule has 0 aromatic heterocycles. The van der Waals surface area contributed by atoms with E-state index in [0.717, 1.165) is 12.8 Å². The van der Waals surface area contributed by atoms with E-state index in [1.54, 1.807) is 12.1 Å². The third-order valence-electron chi connectivity index (χ3n) is 4.81. The highest BCUT2D eigenvalue weighted by molar-refractivity contribution is 6.31. The number of rotatable bonds is 5. The van der Waals surface area contributed by atoms with Crippen LogP contribution in [-0.4, -0.2) is 18.0 Å². The van der Waals surface area contributed by atoms with Crippen molar-refractivity contribution in [3.05, 3.63) is 34.6 Å². The van der Waals surface area contributed by atoms with Crippen LogP contribution in [0.3, 0.4) is 0 Å². The summed E-state index contributed by atoms with van der Waals surface area (Å²) in [7, 11) is 0. The summed E-state index contributed by atoms with van der Waals surface area (Å²) in [6.07, 6.45) is 2.88. The van der Waals surface area contributed by atoms with E-state index in [9.17, 15) is 9.18 Å². The van der Waals surface area contributed by atoms with Gasteiger partial charge in [-0.1, -0.05) is 17.7 Å². The highest BCUT2D eigenvalue weighted by Gasteiger charge is 2.49. The lowest BCUT2D eigenvalue weighted by Gasteiger charge is -2.29. The van der Waals surface area contributed by atoms with Gasteiger partial charge in [-0.25, -0.2) is 4.39 Å². The van der Waals surface area contributed by atoms with Crippen molar-refractivity contribution in [2.24, 2.45) is 17.6 Å². The number of nitrogens with two attached hydrogens (primary N) is 1. The molecule has 0 radical (unpaired) electrons. The van der Waals surface area contributed by atoms with Crippen LogP contribution in [0.15, 0.2) is 18.2 Å². The maximum absolute atomic E-state index is 13.9. The van der Waals surface area contributed by atoms with E-state index in [0.29, 0.717) is 29.5 Å². The first-order chi connectivity index (χ1) is 9.96. The number of hydrogen-bond donors (Lipinski definition) is 2. The molecule has 2 saturated carbocycles. The van der Waals surface area contributed by atoms with E-state index in [1.807, 2.05) is 6.92 Å². The molecule has 3 nitrogen and oxygen atoms in total. The lowest BCUT2D eigenvalue weighted by atomic mass is 9.95. The summed E-state index contributed by atoms with van der Waals surface area (Å²) < 4.78 is 13.9. The van der Waals surface area contributed by atoms with Crippen LogP contribution in [0.4, 0.5) is 4.39 Å². The molecule has 3 atom stereocenters. The van der Waals surface area contributed by atoms with Gasteiger partial charge in [0, 0.05) is 29.0 Å². The van der Waals surface area contributed by atoms with Gasteiger partial charge in [0.05, 0.1) is 5.54 Å². The van der Waals surface area contributed by atoms with Gasteiger partial charge in [-0.05, 0) is 44.2 Å². The molecule has 0 bridgehead atoms. The standard InChI is InChI=1S/C16H20ClFN2O/c1-16(8-19,9-5-6-9)20-15(21)11-7-10(11)14-12(17)3-2-4-13(14)18/h2-4,9-11H,5-8,19H2,1H3,(H,20,21). The minimum atomic E-state index is -0.330. The van der Waals surface area contributed by atoms with Crippen molar-refractivity contribution in [3.63, 3.8) is 0 Å². The third kappa shape index (κ3) is 2.79. The Bertz CT molecular complexity index is 555. The predicted octanol–water partition coefficient (Wildman–Crippen LogP) is 2.83. The molecule has 2 aliphatic rings. The van der Waals surface area contributed by atoms with Gasteiger partial charge < -0.3 is 11.1 Å². The predicted molar refractivity (Wildman–Crippen MR) is 80.6 cm³/mol. The average Bonchev–Trinajstić information content (AvgIpc) is 3.30. The summed E-state index contributed by atoms with van der Waals surface area (Å²) in [5.41, 5.74) is 5.96. The average molecular weight is 311 g/mol. The van der Waals surface area contributed by atoms with E-state index >= 15 is 0 Å². The summed E-state index contributed by atoms with van der Waals surface area (Å²) in [6.45, 7) is 2.43. The topological polar surface area (TPSA) is 55.1 Å². The van der Waals surface area contributed by atoms with Crippen molar-refractivity contribution in [2.45, 2.75) is 37.6 Å². The largest absolute Gasteiger partial charge is 0.349 e. The quantitative estimate of drug-likeness (QED) is 0.878. The first kappa shape index (κ1) is 14.8. The van der Waals surface area contributed by atoms with Crippen LogP contribution in [-0.2, 0) is 4.79 Å². The Hall–Kier alpha value is -1.13. The second-order valence-corrected chi connectivity index (χ2v) is 6.88. The van der Waals surface area contributed by atoms with Gasteiger partial charge in [0.1, 0.15) is 5.82 Å². The summed E-state index contributed by atoms with van der Waals surface area (Å²) in [6, 6.07) is 4.64. The van der Waals surface area contributed by atoms with Crippen LogP contribution < -0.4 is 11.1 Å². The Morgan fingerprint density at radius 1 is 1.52 bits per heavy atom. The van der Waals surface area contributed by atoms with Crippen LogP contribution >= 0.6 is 11.6 Å². The molecule has 1 aromatic carbocycles. The Labute approximate surface area is 129 Å². The number of carbonyl (C=O) groups excluding carboxylic acids is 1. The number of amides is 1. The molecule has 1 amide bonds. The summed E-state index contributed by atoms with van der Waals surface area (Å²) >= 11 is 6.06. The molecular weight excluding hydrogens is 291 g/mol. The molecule has 3 rings (SSSR count). The monoisotopic (exact) mass is 310 g/mol. The first-order valence-corrected chi connectivity index (χ1v) is 7.80. The molecule has 5 heteroatoms. The van der Waals surface area contributed by atoms with Gasteiger partial charge in [-0.3, -0.25) is 4.79 Å². The van der Waals surface area contributed by atoms with Crippen molar-refractivity contribution < 1.29 is 9.18 Å². The molecule has 2 aliphatic carbocycles. The maximum Gasteiger partial charge on any atom is 0.224 e. The Morgan fingerprint density at radius 3 is 2.81 bits per heavy atom. The minimum absolute atomic E-state index is 0.0285. The van der Waals surface area contributed by atoms with Crippen LogP contribution in [0, 0.1) is 17.7 Å². The highest BCUT2D eigenvalue weighted by atomic mass is 35.5. The fraction of sp³-hybridized carbons (Fsp3) is 0.562. The van der Waals surface area contributed by atoms with E-state index < -0.39 is 0 Å². The molecule has 0 saturated heterocycles. The van der Waals surface area contributed by atoms with Crippen LogP contribution in [0.1, 0.15) is 37.7 Å². The number of benzene rings is 1. The van der Waals surface area contributed by atoms with E-state index in [-0.39, 0.29) is 29.1 Å². The summed E-state index contributed by atoms with van der Waals surface area (Å²) in [5, 5.41) is 3.48. The lowest BCUT2D eigenvalue weighted by Crippen LogP contribution is -2.53. The smallest absolute Gasteiger partial charge is 0.224 e. The van der Waals surface area contributed by atoms with E-state index in [2.05, 4.69) is 5.32 Å². The third-order valence-corrected chi connectivity index (χ3v) is 5.14. The number of halogens is 2. The zero-order chi connectivity index (χ0) is 15.2. The second kappa shape index (κ2) is 5.25. The van der Waals surface area contributed by atoms with E-state index in [1.165, 1.54) is 6.07 Å². The zero-order valence-corrected chi connectivity index (χ0v) is 12.8. The molecule has 3 unspecified atom stereocenters. The van der Waals surface area contributed by atoms with Crippen LogP contribution in [0.2, 0.25) is 5.02 Å². The number of hydrogen-bond acceptors (Lipinski definition) is 2. The van der Waals surface area contributed by atoms with Gasteiger partial charge in [-0.2, -0.15) is 0 Å². The highest BCUT2D eigenvalue weighted by Crippen LogP contribution is 2.51. The molecule has 1 aromatic rings. The van der Waals surface area contributed by atoms with Crippen LogP contribution in [0.25, 0.3) is 0 Å². The Kier molecular flexibility index (Phi) is 3.70. The van der Waals surface area contributed by atoms with Gasteiger partial charge in [0.2, 0.25) is 5.91 Å². The van der Waals surface area contributed by atoms with Gasteiger partial charge >= 0.3 is 0 Å². The summed E-state index contributed by atoms with van der Waals surface area (Å²) in [5.74, 6) is -0.185. The second-order valence-electron chi connectivity index (χ2n) is 6.47. The maximum atomic E-state index is 13.9. The normalized spacial score (nSPS) is 27.0. The molecule has 0 aliphatic heterocycles. The van der Waals surface area contributed by atoms with Crippen molar-refractivity contribution in [3.8, 4) is 0 Å². The molecule has 21 heavy (non-hydrogen) atoms. The van der Waals surface area contributed by atoms with E-state index in [4.69, 9.17) is 17.3 Å². The fourth-order valence-electron chi connectivity index (χ4n) is 3.08. The summed E-state index contributed by atoms with van der Waals surface area (Å²) in [4.78, 5) is 12.4. The van der Waals surface area contributed by atoms with Gasteiger partial charge in [0.25, 0.3) is 0 Å². The lowest BCUT2D eigenvalue weighted by molar-refractivity contribution is -0.124. The SMILES string of the molecule is CC(CN)(NC(=O)C1CC1c1c(F)cccc1Cl)C1CC1. The van der Waals surface area contributed by atoms with Gasteiger partial charge in [0.15, 0.2) is 0 Å².